The van der Waals surface area contributed by atoms with Crippen molar-refractivity contribution in [1.82, 2.24) is 9.55 Å². The van der Waals surface area contributed by atoms with Crippen LogP contribution in [0.4, 0.5) is 0 Å². The van der Waals surface area contributed by atoms with Gasteiger partial charge in [0.2, 0.25) is 0 Å². The highest BCUT2D eigenvalue weighted by Gasteiger charge is 2.39. The standard InChI is InChI=1S/C22H16ClN3O2S2/c1-25-19(14-7-9-15(27)10-8-14)18(13-5-3-2-4-6-13)20(28)26-16(12-29-22(25)26)17-11-24-21(23)30-17/h2-11,16H,12H2,1H3/t16-/m1/s1. The molecule has 2 aromatic carbocycles. The first-order chi connectivity index (χ1) is 14.5. The number of nitrogens with zero attached hydrogens (tertiary/aromatic N) is 3. The minimum Gasteiger partial charge on any atom is -0.872 e. The van der Waals surface area contributed by atoms with E-state index in [0.29, 0.717) is 10.0 Å². The molecule has 1 atom stereocenters. The topological polar surface area (TPSA) is 61.8 Å². The van der Waals surface area contributed by atoms with Gasteiger partial charge in [0.1, 0.15) is 5.56 Å². The Hall–Kier alpha value is -2.61. The lowest BCUT2D eigenvalue weighted by atomic mass is 9.99. The van der Waals surface area contributed by atoms with E-state index in [9.17, 15) is 9.90 Å². The number of rotatable bonds is 3. The minimum atomic E-state index is -0.116. The molecule has 150 valence electrons. The second-order valence-corrected chi connectivity index (χ2v) is 9.60. The van der Waals surface area contributed by atoms with Gasteiger partial charge in [-0.15, -0.1) is 17.1 Å². The maximum atomic E-state index is 13.9. The van der Waals surface area contributed by atoms with Crippen LogP contribution in [0.15, 0.2) is 70.7 Å². The molecule has 0 saturated heterocycles. The van der Waals surface area contributed by atoms with Gasteiger partial charge in [0.15, 0.2) is 16.2 Å². The summed E-state index contributed by atoms with van der Waals surface area (Å²) in [5, 5.41) is 12.5. The SMILES string of the molecule is C[n+]1c(-c2ccc([O-])cc2)c(-c2ccccc2)c(=O)n2c1SC[C@@H]2c1cnc(Cl)s1. The molecular weight excluding hydrogens is 438 g/mol. The Morgan fingerprint density at radius 3 is 2.53 bits per heavy atom. The molecule has 0 N–H and O–H groups in total. The Morgan fingerprint density at radius 1 is 1.13 bits per heavy atom. The molecule has 8 heteroatoms. The first kappa shape index (κ1) is 19.4. The summed E-state index contributed by atoms with van der Waals surface area (Å²) in [7, 11) is 1.97. The van der Waals surface area contributed by atoms with Gasteiger partial charge in [-0.1, -0.05) is 66.2 Å². The fourth-order valence-electron chi connectivity index (χ4n) is 3.85. The van der Waals surface area contributed by atoms with Crippen LogP contribution in [-0.2, 0) is 7.05 Å². The fraction of sp³-hybridized carbons (Fsp3) is 0.136. The van der Waals surface area contributed by atoms with Crippen LogP contribution in [0.3, 0.4) is 0 Å². The van der Waals surface area contributed by atoms with Crippen LogP contribution in [0.2, 0.25) is 4.47 Å². The molecule has 0 spiro atoms. The van der Waals surface area contributed by atoms with Crippen molar-refractivity contribution in [2.24, 2.45) is 7.05 Å². The lowest BCUT2D eigenvalue weighted by molar-refractivity contribution is -0.704. The largest absolute Gasteiger partial charge is 0.872 e. The molecule has 5 rings (SSSR count). The van der Waals surface area contributed by atoms with Crippen molar-refractivity contribution < 1.29 is 9.67 Å². The number of fused-ring (bicyclic) bond motifs is 1. The number of thioether (sulfide) groups is 1. The third kappa shape index (κ3) is 3.14. The van der Waals surface area contributed by atoms with Gasteiger partial charge in [0.25, 0.3) is 0 Å². The van der Waals surface area contributed by atoms with E-state index in [1.165, 1.54) is 23.5 Å². The summed E-state index contributed by atoms with van der Waals surface area (Å²) in [6, 6.07) is 16.2. The molecule has 1 aliphatic heterocycles. The van der Waals surface area contributed by atoms with E-state index in [1.807, 2.05) is 41.9 Å². The molecule has 4 aromatic rings. The van der Waals surface area contributed by atoms with E-state index < -0.39 is 0 Å². The van der Waals surface area contributed by atoms with E-state index in [1.54, 1.807) is 30.1 Å². The Morgan fingerprint density at radius 2 is 1.87 bits per heavy atom. The number of hydrogen-bond acceptors (Lipinski definition) is 5. The van der Waals surface area contributed by atoms with E-state index in [2.05, 4.69) is 9.55 Å². The van der Waals surface area contributed by atoms with Gasteiger partial charge in [-0.2, -0.15) is 4.57 Å². The summed E-state index contributed by atoms with van der Waals surface area (Å²) >= 11 is 9.11. The van der Waals surface area contributed by atoms with Crippen LogP contribution in [0.5, 0.6) is 5.75 Å². The Balaban J connectivity index is 1.82. The zero-order valence-corrected chi connectivity index (χ0v) is 18.3. The molecule has 2 aromatic heterocycles. The van der Waals surface area contributed by atoms with Crippen molar-refractivity contribution in [1.29, 1.82) is 0 Å². The maximum absolute atomic E-state index is 13.9. The number of hydrogen-bond donors (Lipinski definition) is 0. The molecule has 5 nitrogen and oxygen atoms in total. The molecule has 0 radical (unpaired) electrons. The van der Waals surface area contributed by atoms with Crippen molar-refractivity contribution in [2.45, 2.75) is 11.2 Å². The lowest BCUT2D eigenvalue weighted by Crippen LogP contribution is -2.43. The van der Waals surface area contributed by atoms with Gasteiger partial charge in [0.05, 0.1) is 17.7 Å². The van der Waals surface area contributed by atoms with Gasteiger partial charge in [-0.05, 0) is 17.3 Å². The van der Waals surface area contributed by atoms with Crippen molar-refractivity contribution in [2.75, 3.05) is 5.75 Å². The third-order valence-corrected chi connectivity index (χ3v) is 7.62. The molecule has 0 aliphatic carbocycles. The highest BCUT2D eigenvalue weighted by Crippen LogP contribution is 2.39. The zero-order chi connectivity index (χ0) is 20.8. The van der Waals surface area contributed by atoms with E-state index in [4.69, 9.17) is 11.6 Å². The smallest absolute Gasteiger partial charge is 0.347 e. The van der Waals surface area contributed by atoms with Gasteiger partial charge in [-0.25, -0.2) is 14.3 Å². The summed E-state index contributed by atoms with van der Waals surface area (Å²) < 4.78 is 4.37. The average molecular weight is 454 g/mol. The third-order valence-electron chi connectivity index (χ3n) is 5.19. The predicted molar refractivity (Wildman–Crippen MR) is 118 cm³/mol. The molecule has 0 amide bonds. The molecule has 0 bridgehead atoms. The quantitative estimate of drug-likeness (QED) is 0.349. The van der Waals surface area contributed by atoms with Crippen molar-refractivity contribution in [3.05, 3.63) is 80.5 Å². The van der Waals surface area contributed by atoms with Crippen molar-refractivity contribution >= 4 is 34.7 Å². The summed E-state index contributed by atoms with van der Waals surface area (Å²) in [5.74, 6) is 0.677. The van der Waals surface area contributed by atoms with E-state index in [-0.39, 0.29) is 17.4 Å². The molecule has 1 aliphatic rings. The van der Waals surface area contributed by atoms with Crippen molar-refractivity contribution in [3.8, 4) is 28.1 Å². The number of aromatic nitrogens is 3. The molecule has 0 unspecified atom stereocenters. The van der Waals surface area contributed by atoms with Crippen LogP contribution in [0.25, 0.3) is 22.4 Å². The maximum Gasteiger partial charge on any atom is 0.347 e. The van der Waals surface area contributed by atoms with E-state index >= 15 is 0 Å². The zero-order valence-electron chi connectivity index (χ0n) is 15.9. The highest BCUT2D eigenvalue weighted by atomic mass is 35.5. The normalized spacial score (nSPS) is 15.3. The summed E-state index contributed by atoms with van der Waals surface area (Å²) in [6.07, 6.45) is 1.75. The lowest BCUT2D eigenvalue weighted by Gasteiger charge is -2.15. The van der Waals surface area contributed by atoms with Crippen LogP contribution in [0, 0.1) is 0 Å². The number of thiazole rings is 1. The summed E-state index contributed by atoms with van der Waals surface area (Å²) in [5.41, 5.74) is 3.03. The molecule has 0 saturated carbocycles. The predicted octanol–water partition coefficient (Wildman–Crippen LogP) is 3.89. The van der Waals surface area contributed by atoms with Crippen LogP contribution >= 0.6 is 34.7 Å². The van der Waals surface area contributed by atoms with Gasteiger partial charge in [-0.3, -0.25) is 0 Å². The summed E-state index contributed by atoms with van der Waals surface area (Å²) in [6.45, 7) is 0. The minimum absolute atomic E-state index is 0.0583. The van der Waals surface area contributed by atoms with Crippen LogP contribution < -0.4 is 15.2 Å². The molecule has 30 heavy (non-hydrogen) atoms. The first-order valence-electron chi connectivity index (χ1n) is 9.30. The molecular formula is C22H16ClN3O2S2. The fourth-order valence-corrected chi connectivity index (χ4v) is 6.27. The Bertz CT molecular complexity index is 1300. The van der Waals surface area contributed by atoms with Crippen LogP contribution in [-0.4, -0.2) is 15.3 Å². The van der Waals surface area contributed by atoms with Gasteiger partial charge >= 0.3 is 10.7 Å². The summed E-state index contributed by atoms with van der Waals surface area (Å²) in [4.78, 5) is 19.0. The van der Waals surface area contributed by atoms with E-state index in [0.717, 1.165) is 32.6 Å². The second kappa shape index (κ2) is 7.58. The number of halogens is 1. The first-order valence-corrected chi connectivity index (χ1v) is 11.5. The molecule has 3 heterocycles. The highest BCUT2D eigenvalue weighted by molar-refractivity contribution is 7.99. The second-order valence-electron chi connectivity index (χ2n) is 6.97. The van der Waals surface area contributed by atoms with Crippen molar-refractivity contribution in [3.63, 3.8) is 0 Å². The Labute approximate surface area is 186 Å². The Kier molecular flexibility index (Phi) is 4.89. The monoisotopic (exact) mass is 453 g/mol. The van der Waals surface area contributed by atoms with Gasteiger partial charge < -0.3 is 5.11 Å². The van der Waals surface area contributed by atoms with Crippen LogP contribution in [0.1, 0.15) is 10.9 Å². The van der Waals surface area contributed by atoms with Gasteiger partial charge in [0, 0.05) is 11.8 Å². The average Bonchev–Trinajstić information content (AvgIpc) is 3.38. The molecule has 0 fully saturated rings. The number of benzene rings is 2.